The average Bonchev–Trinajstić information content (AvgIpc) is 3.32. The molecule has 2 N–H and O–H groups in total. The zero-order chi connectivity index (χ0) is 22.2. The molecule has 2 heterocycles. The quantitative estimate of drug-likeness (QED) is 0.546. The fraction of sp³-hybridized carbons (Fsp3) is 0.333. The fourth-order valence-electron chi connectivity index (χ4n) is 3.48. The van der Waals surface area contributed by atoms with Gasteiger partial charge in [0, 0.05) is 6.04 Å². The molecule has 1 aliphatic rings. The van der Waals surface area contributed by atoms with Gasteiger partial charge in [-0.25, -0.2) is 9.97 Å². The molecule has 1 unspecified atom stereocenters. The van der Waals surface area contributed by atoms with Gasteiger partial charge < -0.3 is 10.6 Å². The van der Waals surface area contributed by atoms with Gasteiger partial charge in [-0.15, -0.1) is 11.3 Å². The Morgan fingerprint density at radius 2 is 2.00 bits per heavy atom. The molecule has 1 aliphatic carbocycles. The van der Waals surface area contributed by atoms with E-state index in [9.17, 15) is 18.0 Å². The van der Waals surface area contributed by atoms with Crippen LogP contribution in [0.4, 0.5) is 24.9 Å². The van der Waals surface area contributed by atoms with E-state index in [1.807, 2.05) is 30.3 Å². The molecular weight excluding hydrogens is 427 g/mol. The van der Waals surface area contributed by atoms with Crippen LogP contribution in [-0.4, -0.2) is 39.5 Å². The fourth-order valence-corrected chi connectivity index (χ4v) is 4.54. The highest BCUT2D eigenvalue weighted by Gasteiger charge is 2.28. The number of carbonyl (C=O) groups excluding carboxylic acids is 1. The number of nitrogens with zero attached hydrogens (tertiary/aromatic N) is 3. The van der Waals surface area contributed by atoms with Gasteiger partial charge in [0.25, 0.3) is 0 Å². The van der Waals surface area contributed by atoms with E-state index >= 15 is 0 Å². The number of rotatable bonds is 6. The third-order valence-corrected chi connectivity index (χ3v) is 6.01. The topological polar surface area (TPSA) is 79.8 Å². The van der Waals surface area contributed by atoms with Crippen LogP contribution in [0.5, 0.6) is 0 Å². The predicted octanol–water partition coefficient (Wildman–Crippen LogP) is 5.13. The minimum absolute atomic E-state index is 0.0158. The van der Waals surface area contributed by atoms with Crippen molar-refractivity contribution < 1.29 is 18.0 Å². The zero-order valence-corrected chi connectivity index (χ0v) is 17.7. The Balaban J connectivity index is 1.71. The smallest absolute Gasteiger partial charge is 0.366 e. The molecule has 1 atom stereocenters. The van der Waals surface area contributed by atoms with Gasteiger partial charge in [0.05, 0.1) is 21.5 Å². The van der Waals surface area contributed by atoms with Crippen molar-refractivity contribution in [2.45, 2.75) is 38.9 Å². The van der Waals surface area contributed by atoms with Gasteiger partial charge >= 0.3 is 6.18 Å². The molecular formula is C21H20F3N5OS. The Kier molecular flexibility index (Phi) is 5.65. The average molecular weight is 447 g/mol. The Hall–Kier alpha value is -3.01. The first-order valence-electron chi connectivity index (χ1n) is 9.71. The number of hydrogen-bond donors (Lipinski definition) is 2. The first-order valence-corrected chi connectivity index (χ1v) is 10.5. The summed E-state index contributed by atoms with van der Waals surface area (Å²) in [5.41, 5.74) is 2.72. The number of alkyl halides is 3. The third-order valence-electron chi connectivity index (χ3n) is 4.95. The summed E-state index contributed by atoms with van der Waals surface area (Å²) >= 11 is 1.47. The van der Waals surface area contributed by atoms with Crippen molar-refractivity contribution in [3.05, 3.63) is 41.6 Å². The number of aromatic nitrogens is 3. The number of halogens is 3. The van der Waals surface area contributed by atoms with Gasteiger partial charge in [-0.2, -0.15) is 18.2 Å². The molecule has 0 bridgehead atoms. The zero-order valence-electron chi connectivity index (χ0n) is 16.9. The summed E-state index contributed by atoms with van der Waals surface area (Å²) in [7, 11) is 0. The SMILES string of the molecule is CC(=O)C1=CCC(Nc2nc(NCC(F)(F)F)nc(C)c2-c2nc3ccccc3s2)C1. The van der Waals surface area contributed by atoms with E-state index in [4.69, 9.17) is 0 Å². The highest BCUT2D eigenvalue weighted by molar-refractivity contribution is 7.21. The number of nitrogens with one attached hydrogen (secondary N) is 2. The van der Waals surface area contributed by atoms with Crippen LogP contribution >= 0.6 is 11.3 Å². The number of para-hydroxylation sites is 1. The van der Waals surface area contributed by atoms with Gasteiger partial charge in [-0.05, 0) is 44.4 Å². The second kappa shape index (κ2) is 8.26. The van der Waals surface area contributed by atoms with E-state index in [2.05, 4.69) is 25.6 Å². The second-order valence-electron chi connectivity index (χ2n) is 7.38. The van der Waals surface area contributed by atoms with Crippen LogP contribution in [-0.2, 0) is 4.79 Å². The molecule has 10 heteroatoms. The van der Waals surface area contributed by atoms with Gasteiger partial charge in [0.15, 0.2) is 5.78 Å². The lowest BCUT2D eigenvalue weighted by atomic mass is 10.1. The number of hydrogen-bond acceptors (Lipinski definition) is 7. The van der Waals surface area contributed by atoms with Gasteiger partial charge in [0.2, 0.25) is 5.95 Å². The van der Waals surface area contributed by atoms with E-state index in [0.29, 0.717) is 34.9 Å². The largest absolute Gasteiger partial charge is 0.405 e. The number of Topliss-reactive ketones (excluding diaryl/α,β-unsaturated/α-hetero) is 1. The van der Waals surface area contributed by atoms with Crippen LogP contribution in [0.15, 0.2) is 35.9 Å². The van der Waals surface area contributed by atoms with Crippen molar-refractivity contribution in [2.75, 3.05) is 17.2 Å². The van der Waals surface area contributed by atoms with Crippen molar-refractivity contribution in [1.82, 2.24) is 15.0 Å². The molecule has 0 saturated carbocycles. The highest BCUT2D eigenvalue weighted by Crippen LogP contribution is 2.37. The van der Waals surface area contributed by atoms with Crippen LogP contribution in [0, 0.1) is 6.92 Å². The lowest BCUT2D eigenvalue weighted by Gasteiger charge is -2.18. The van der Waals surface area contributed by atoms with E-state index in [0.717, 1.165) is 15.8 Å². The maximum Gasteiger partial charge on any atom is 0.405 e. The molecule has 0 spiro atoms. The Bertz CT molecular complexity index is 1140. The van der Waals surface area contributed by atoms with E-state index in [1.165, 1.54) is 18.3 Å². The predicted molar refractivity (Wildman–Crippen MR) is 115 cm³/mol. The van der Waals surface area contributed by atoms with Crippen LogP contribution in [0.1, 0.15) is 25.5 Å². The van der Waals surface area contributed by atoms with E-state index in [-0.39, 0.29) is 17.8 Å². The molecule has 4 rings (SSSR count). The highest BCUT2D eigenvalue weighted by atomic mass is 32.1. The minimum atomic E-state index is -4.39. The maximum absolute atomic E-state index is 12.7. The molecule has 0 amide bonds. The van der Waals surface area contributed by atoms with Crippen molar-refractivity contribution in [1.29, 1.82) is 0 Å². The summed E-state index contributed by atoms with van der Waals surface area (Å²) in [5.74, 6) is 0.307. The number of ketones is 1. The first kappa shape index (κ1) is 21.2. The van der Waals surface area contributed by atoms with Crippen LogP contribution in [0.25, 0.3) is 20.8 Å². The van der Waals surface area contributed by atoms with E-state index in [1.54, 1.807) is 6.92 Å². The Morgan fingerprint density at radius 3 is 2.68 bits per heavy atom. The molecule has 3 aromatic rings. The number of fused-ring (bicyclic) bond motifs is 1. The molecule has 2 aromatic heterocycles. The third kappa shape index (κ3) is 4.84. The number of carbonyl (C=O) groups is 1. The normalized spacial score (nSPS) is 16.4. The standard InChI is InChI=1S/C21H20F3N5OS/c1-11-17(19-28-15-5-3-4-6-16(15)31-19)18(27-14-8-7-13(9-14)12(2)30)29-20(26-11)25-10-21(22,23)24/h3-7,14H,8-10H2,1-2H3,(H2,25,26,27,29). The molecule has 0 saturated heterocycles. The molecule has 31 heavy (non-hydrogen) atoms. The number of thiazole rings is 1. The van der Waals surface area contributed by atoms with Crippen molar-refractivity contribution in [3.63, 3.8) is 0 Å². The Labute approximate surface area is 180 Å². The van der Waals surface area contributed by atoms with Crippen LogP contribution in [0.2, 0.25) is 0 Å². The summed E-state index contributed by atoms with van der Waals surface area (Å²) in [5, 5.41) is 6.24. The van der Waals surface area contributed by atoms with Crippen molar-refractivity contribution >= 4 is 39.1 Å². The van der Waals surface area contributed by atoms with Gasteiger partial charge in [0.1, 0.15) is 17.4 Å². The first-order chi connectivity index (χ1) is 14.7. The molecule has 1 aromatic carbocycles. The minimum Gasteiger partial charge on any atom is -0.366 e. The van der Waals surface area contributed by atoms with Crippen LogP contribution in [0.3, 0.4) is 0 Å². The van der Waals surface area contributed by atoms with E-state index < -0.39 is 12.7 Å². The summed E-state index contributed by atoms with van der Waals surface area (Å²) in [6.45, 7) is 2.02. The molecule has 162 valence electrons. The summed E-state index contributed by atoms with van der Waals surface area (Å²) in [6, 6.07) is 7.59. The monoisotopic (exact) mass is 447 g/mol. The Morgan fingerprint density at radius 1 is 1.23 bits per heavy atom. The number of anilines is 2. The molecule has 0 aliphatic heterocycles. The summed E-state index contributed by atoms with van der Waals surface area (Å²) < 4.78 is 39.0. The summed E-state index contributed by atoms with van der Waals surface area (Å²) in [6.07, 6.45) is -1.35. The van der Waals surface area contributed by atoms with Crippen molar-refractivity contribution in [3.8, 4) is 10.6 Å². The van der Waals surface area contributed by atoms with Crippen molar-refractivity contribution in [2.24, 2.45) is 0 Å². The molecule has 0 fully saturated rings. The second-order valence-corrected chi connectivity index (χ2v) is 8.41. The lowest BCUT2D eigenvalue weighted by molar-refractivity contribution is -0.115. The lowest BCUT2D eigenvalue weighted by Crippen LogP contribution is -2.24. The number of benzene rings is 1. The number of aryl methyl sites for hydroxylation is 1. The van der Waals surface area contributed by atoms with Gasteiger partial charge in [-0.1, -0.05) is 18.2 Å². The summed E-state index contributed by atoms with van der Waals surface area (Å²) in [4.78, 5) is 24.9. The molecule has 0 radical (unpaired) electrons. The molecule has 6 nitrogen and oxygen atoms in total. The maximum atomic E-state index is 12.7. The van der Waals surface area contributed by atoms with Gasteiger partial charge in [-0.3, -0.25) is 4.79 Å². The van der Waals surface area contributed by atoms with Crippen LogP contribution < -0.4 is 10.6 Å².